The highest BCUT2D eigenvalue weighted by molar-refractivity contribution is 4.76. The van der Waals surface area contributed by atoms with Crippen LogP contribution < -0.4 is 5.32 Å². The van der Waals surface area contributed by atoms with Crippen molar-refractivity contribution in [2.45, 2.75) is 51.9 Å². The quantitative estimate of drug-likeness (QED) is 0.478. The van der Waals surface area contributed by atoms with Gasteiger partial charge in [0, 0.05) is 19.6 Å². The molecule has 0 aromatic rings. The summed E-state index contributed by atoms with van der Waals surface area (Å²) in [6.07, 6.45) is 3.80. The van der Waals surface area contributed by atoms with E-state index in [0.29, 0.717) is 19.1 Å². The Balaban J connectivity index is 2.01. The van der Waals surface area contributed by atoms with Crippen LogP contribution in [0.1, 0.15) is 39.5 Å². The van der Waals surface area contributed by atoms with E-state index < -0.39 is 0 Å². The first-order valence-corrected chi connectivity index (χ1v) is 6.88. The summed E-state index contributed by atoms with van der Waals surface area (Å²) in [4.78, 5) is 0. The smallest absolute Gasteiger partial charge is 0.158 e. The lowest BCUT2D eigenvalue weighted by Gasteiger charge is -2.17. The molecule has 0 saturated heterocycles. The molecule has 4 nitrogen and oxygen atoms in total. The molecule has 0 radical (unpaired) electrons. The second-order valence-corrected chi connectivity index (χ2v) is 4.67. The van der Waals surface area contributed by atoms with Crippen LogP contribution in [0.15, 0.2) is 0 Å². The molecule has 0 aromatic heterocycles. The molecule has 0 aromatic carbocycles. The van der Waals surface area contributed by atoms with E-state index >= 15 is 0 Å². The molecule has 102 valence electrons. The second-order valence-electron chi connectivity index (χ2n) is 4.67. The van der Waals surface area contributed by atoms with Crippen molar-refractivity contribution in [3.05, 3.63) is 0 Å². The van der Waals surface area contributed by atoms with Crippen LogP contribution in [0.2, 0.25) is 0 Å². The van der Waals surface area contributed by atoms with E-state index in [1.165, 1.54) is 0 Å². The van der Waals surface area contributed by atoms with E-state index in [1.807, 2.05) is 13.8 Å². The first-order valence-electron chi connectivity index (χ1n) is 6.88. The molecule has 1 aliphatic rings. The van der Waals surface area contributed by atoms with Gasteiger partial charge in [-0.25, -0.2) is 0 Å². The molecule has 1 fully saturated rings. The van der Waals surface area contributed by atoms with Crippen molar-refractivity contribution in [1.82, 2.24) is 5.32 Å². The lowest BCUT2D eigenvalue weighted by atomic mass is 10.1. The Kier molecular flexibility index (Phi) is 7.77. The normalized spacial score (nSPS) is 24.7. The summed E-state index contributed by atoms with van der Waals surface area (Å²) in [6, 6.07) is 0. The van der Waals surface area contributed by atoms with Crippen molar-refractivity contribution in [2.75, 3.05) is 26.3 Å². The van der Waals surface area contributed by atoms with Crippen LogP contribution in [0, 0.1) is 5.92 Å². The highest BCUT2D eigenvalue weighted by Gasteiger charge is 2.22. The van der Waals surface area contributed by atoms with Gasteiger partial charge in [0.05, 0.1) is 6.10 Å². The van der Waals surface area contributed by atoms with Crippen LogP contribution in [-0.2, 0) is 9.47 Å². The van der Waals surface area contributed by atoms with Crippen LogP contribution in [0.3, 0.4) is 0 Å². The fourth-order valence-electron chi connectivity index (χ4n) is 2.35. The minimum absolute atomic E-state index is 0.0682. The monoisotopic (exact) mass is 245 g/mol. The van der Waals surface area contributed by atoms with Crippen LogP contribution in [0.25, 0.3) is 0 Å². The van der Waals surface area contributed by atoms with E-state index in [0.717, 1.165) is 38.8 Å². The average Bonchev–Trinajstić information content (AvgIpc) is 2.71. The number of aliphatic hydroxyl groups is 1. The molecule has 0 bridgehead atoms. The Morgan fingerprint density at radius 3 is 2.47 bits per heavy atom. The van der Waals surface area contributed by atoms with Crippen LogP contribution in [0.5, 0.6) is 0 Å². The van der Waals surface area contributed by atoms with Crippen LogP contribution >= 0.6 is 0 Å². The molecule has 0 amide bonds. The lowest BCUT2D eigenvalue weighted by Crippen LogP contribution is -2.28. The SMILES string of the molecule is CCOC(CCNCC1CCC(O)C1)OCC. The van der Waals surface area contributed by atoms with Gasteiger partial charge >= 0.3 is 0 Å². The van der Waals surface area contributed by atoms with Crippen molar-refractivity contribution in [3.63, 3.8) is 0 Å². The van der Waals surface area contributed by atoms with Crippen molar-refractivity contribution in [3.8, 4) is 0 Å². The number of nitrogens with one attached hydrogen (secondary N) is 1. The predicted molar refractivity (Wildman–Crippen MR) is 67.9 cm³/mol. The highest BCUT2D eigenvalue weighted by atomic mass is 16.7. The van der Waals surface area contributed by atoms with Gasteiger partial charge in [-0.3, -0.25) is 0 Å². The van der Waals surface area contributed by atoms with E-state index in [1.54, 1.807) is 0 Å². The van der Waals surface area contributed by atoms with Crippen LogP contribution in [-0.4, -0.2) is 43.8 Å². The predicted octanol–water partition coefficient (Wildman–Crippen LogP) is 1.53. The average molecular weight is 245 g/mol. The fraction of sp³-hybridized carbons (Fsp3) is 1.00. The zero-order valence-corrected chi connectivity index (χ0v) is 11.2. The van der Waals surface area contributed by atoms with Crippen molar-refractivity contribution < 1.29 is 14.6 Å². The molecular formula is C13H27NO3. The first-order chi connectivity index (χ1) is 8.26. The Hall–Kier alpha value is -0.160. The molecule has 0 spiro atoms. The Morgan fingerprint density at radius 2 is 1.94 bits per heavy atom. The Labute approximate surface area is 105 Å². The summed E-state index contributed by atoms with van der Waals surface area (Å²) in [5.74, 6) is 0.641. The van der Waals surface area contributed by atoms with Crippen molar-refractivity contribution in [1.29, 1.82) is 0 Å². The van der Waals surface area contributed by atoms with E-state index in [4.69, 9.17) is 9.47 Å². The maximum atomic E-state index is 9.42. The summed E-state index contributed by atoms with van der Waals surface area (Å²) in [5, 5.41) is 12.8. The maximum absolute atomic E-state index is 9.42. The topological polar surface area (TPSA) is 50.7 Å². The maximum Gasteiger partial charge on any atom is 0.158 e. The summed E-state index contributed by atoms with van der Waals surface area (Å²) < 4.78 is 10.9. The second kappa shape index (κ2) is 8.86. The fourth-order valence-corrected chi connectivity index (χ4v) is 2.35. The molecule has 1 aliphatic carbocycles. The number of ether oxygens (including phenoxy) is 2. The molecule has 2 atom stereocenters. The molecule has 0 aliphatic heterocycles. The number of hydrogen-bond donors (Lipinski definition) is 2. The van der Waals surface area contributed by atoms with Gasteiger partial charge in [0.25, 0.3) is 0 Å². The molecular weight excluding hydrogens is 218 g/mol. The zero-order valence-electron chi connectivity index (χ0n) is 11.2. The lowest BCUT2D eigenvalue weighted by molar-refractivity contribution is -0.138. The standard InChI is InChI=1S/C13H27NO3/c1-3-16-13(17-4-2)7-8-14-10-11-5-6-12(15)9-11/h11-15H,3-10H2,1-2H3. The third-order valence-electron chi connectivity index (χ3n) is 3.21. The molecule has 2 N–H and O–H groups in total. The summed E-state index contributed by atoms with van der Waals surface area (Å²) in [6.45, 7) is 7.27. The first kappa shape index (κ1) is 14.9. The van der Waals surface area contributed by atoms with Crippen LogP contribution in [0.4, 0.5) is 0 Å². The minimum atomic E-state index is -0.0772. The largest absolute Gasteiger partial charge is 0.393 e. The van der Waals surface area contributed by atoms with Gasteiger partial charge in [-0.05, 0) is 52.1 Å². The van der Waals surface area contributed by atoms with Gasteiger partial charge in [0.1, 0.15) is 0 Å². The number of rotatable bonds is 9. The van der Waals surface area contributed by atoms with Gasteiger partial charge in [-0.1, -0.05) is 0 Å². The van der Waals surface area contributed by atoms with Gasteiger partial charge in [-0.2, -0.15) is 0 Å². The molecule has 1 saturated carbocycles. The summed E-state index contributed by atoms with van der Waals surface area (Å²) in [5.41, 5.74) is 0. The van der Waals surface area contributed by atoms with E-state index in [2.05, 4.69) is 5.32 Å². The molecule has 2 unspecified atom stereocenters. The van der Waals surface area contributed by atoms with E-state index in [9.17, 15) is 5.11 Å². The highest BCUT2D eigenvalue weighted by Crippen LogP contribution is 2.24. The summed E-state index contributed by atoms with van der Waals surface area (Å²) in [7, 11) is 0. The van der Waals surface area contributed by atoms with Gasteiger partial charge in [0.15, 0.2) is 6.29 Å². The van der Waals surface area contributed by atoms with Crippen molar-refractivity contribution in [2.24, 2.45) is 5.92 Å². The third kappa shape index (κ3) is 6.36. The molecule has 17 heavy (non-hydrogen) atoms. The Bertz CT molecular complexity index is 184. The molecule has 4 heteroatoms. The van der Waals surface area contributed by atoms with E-state index in [-0.39, 0.29) is 12.4 Å². The minimum Gasteiger partial charge on any atom is -0.393 e. The van der Waals surface area contributed by atoms with Crippen molar-refractivity contribution >= 4 is 0 Å². The van der Waals surface area contributed by atoms with Gasteiger partial charge in [0.2, 0.25) is 0 Å². The number of hydrogen-bond acceptors (Lipinski definition) is 4. The number of aliphatic hydroxyl groups excluding tert-OH is 1. The third-order valence-corrected chi connectivity index (χ3v) is 3.21. The Morgan fingerprint density at radius 1 is 1.24 bits per heavy atom. The summed E-state index contributed by atoms with van der Waals surface area (Å²) >= 11 is 0. The van der Waals surface area contributed by atoms with Gasteiger partial charge < -0.3 is 19.9 Å². The molecule has 0 heterocycles. The van der Waals surface area contributed by atoms with Gasteiger partial charge in [-0.15, -0.1) is 0 Å². The molecule has 1 rings (SSSR count). The zero-order chi connectivity index (χ0) is 12.5.